The predicted molar refractivity (Wildman–Crippen MR) is 67.7 cm³/mol. The highest BCUT2D eigenvalue weighted by molar-refractivity contribution is 7.10. The first-order chi connectivity index (χ1) is 7.86. The fraction of sp³-hybridized carbons (Fsp3) is 0.417. The third-order valence-electron chi connectivity index (χ3n) is 2.65. The molecule has 0 radical (unpaired) electrons. The third-order valence-corrected chi connectivity index (χ3v) is 3.63. The number of thiophene rings is 1. The standard InChI is InChI=1S/C12H17N3S/c1-2-4-12-14-6-7-15(12)10(9-13)11-5-3-8-16-11/h3,5-8,10H,2,4,9,13H2,1H3. The molecule has 0 amide bonds. The molecule has 86 valence electrons. The van der Waals surface area contributed by atoms with Crippen LogP contribution < -0.4 is 5.73 Å². The summed E-state index contributed by atoms with van der Waals surface area (Å²) in [5.74, 6) is 1.13. The number of hydrogen-bond donors (Lipinski definition) is 1. The van der Waals surface area contributed by atoms with Crippen LogP contribution in [0.5, 0.6) is 0 Å². The molecule has 2 heterocycles. The van der Waals surface area contributed by atoms with E-state index in [1.807, 2.05) is 12.4 Å². The van der Waals surface area contributed by atoms with E-state index in [0.717, 1.165) is 18.7 Å². The van der Waals surface area contributed by atoms with Gasteiger partial charge in [0.25, 0.3) is 0 Å². The van der Waals surface area contributed by atoms with Gasteiger partial charge in [0.05, 0.1) is 6.04 Å². The minimum Gasteiger partial charge on any atom is -0.328 e. The Hall–Kier alpha value is -1.13. The first-order valence-corrected chi connectivity index (χ1v) is 6.50. The molecule has 0 saturated carbocycles. The molecule has 2 aromatic rings. The van der Waals surface area contributed by atoms with Crippen LogP contribution in [0.15, 0.2) is 29.9 Å². The van der Waals surface area contributed by atoms with Crippen LogP contribution in [0.1, 0.15) is 30.1 Å². The number of rotatable bonds is 5. The van der Waals surface area contributed by atoms with Crippen LogP contribution in [0.3, 0.4) is 0 Å². The molecule has 0 aliphatic heterocycles. The first kappa shape index (κ1) is 11.4. The van der Waals surface area contributed by atoms with Gasteiger partial charge in [-0.25, -0.2) is 4.98 Å². The molecule has 2 rings (SSSR count). The van der Waals surface area contributed by atoms with Crippen molar-refractivity contribution < 1.29 is 0 Å². The van der Waals surface area contributed by atoms with E-state index in [0.29, 0.717) is 6.54 Å². The van der Waals surface area contributed by atoms with Crippen LogP contribution in [0.2, 0.25) is 0 Å². The lowest BCUT2D eigenvalue weighted by Crippen LogP contribution is -2.20. The van der Waals surface area contributed by atoms with Crippen LogP contribution in [0.25, 0.3) is 0 Å². The molecule has 1 atom stereocenters. The van der Waals surface area contributed by atoms with Crippen molar-refractivity contribution in [3.63, 3.8) is 0 Å². The first-order valence-electron chi connectivity index (χ1n) is 5.62. The summed E-state index contributed by atoms with van der Waals surface area (Å²) in [6, 6.07) is 4.45. The smallest absolute Gasteiger partial charge is 0.109 e. The molecule has 2 N–H and O–H groups in total. The summed E-state index contributed by atoms with van der Waals surface area (Å²) in [7, 11) is 0. The van der Waals surface area contributed by atoms with Gasteiger partial charge in [-0.3, -0.25) is 0 Å². The summed E-state index contributed by atoms with van der Waals surface area (Å²) >= 11 is 1.75. The normalized spacial score (nSPS) is 12.9. The van der Waals surface area contributed by atoms with Crippen LogP contribution >= 0.6 is 11.3 Å². The van der Waals surface area contributed by atoms with Gasteiger partial charge in [-0.05, 0) is 17.9 Å². The molecule has 2 aromatic heterocycles. The van der Waals surface area contributed by atoms with Gasteiger partial charge in [0.2, 0.25) is 0 Å². The number of aryl methyl sites for hydroxylation is 1. The summed E-state index contributed by atoms with van der Waals surface area (Å²) < 4.78 is 2.20. The predicted octanol–water partition coefficient (Wildman–Crippen LogP) is 2.45. The fourth-order valence-electron chi connectivity index (χ4n) is 1.89. The fourth-order valence-corrected chi connectivity index (χ4v) is 2.73. The van der Waals surface area contributed by atoms with Crippen LogP contribution in [-0.2, 0) is 6.42 Å². The van der Waals surface area contributed by atoms with E-state index < -0.39 is 0 Å². The van der Waals surface area contributed by atoms with Crippen molar-refractivity contribution in [1.29, 1.82) is 0 Å². The van der Waals surface area contributed by atoms with Crippen molar-refractivity contribution in [3.8, 4) is 0 Å². The minimum atomic E-state index is 0.240. The quantitative estimate of drug-likeness (QED) is 0.865. The molecule has 0 aliphatic carbocycles. The maximum Gasteiger partial charge on any atom is 0.109 e. The molecule has 0 fully saturated rings. The molecular formula is C12H17N3S. The molecule has 16 heavy (non-hydrogen) atoms. The van der Waals surface area contributed by atoms with E-state index in [1.165, 1.54) is 4.88 Å². The average Bonchev–Trinajstić information content (AvgIpc) is 2.92. The molecule has 3 nitrogen and oxygen atoms in total. The molecular weight excluding hydrogens is 218 g/mol. The molecule has 0 aromatic carbocycles. The van der Waals surface area contributed by atoms with Gasteiger partial charge in [-0.1, -0.05) is 13.0 Å². The van der Waals surface area contributed by atoms with Gasteiger partial charge in [0.15, 0.2) is 0 Å². The zero-order valence-electron chi connectivity index (χ0n) is 9.47. The lowest BCUT2D eigenvalue weighted by Gasteiger charge is -2.17. The molecule has 0 aliphatic rings. The third kappa shape index (κ3) is 2.18. The number of imidazole rings is 1. The van der Waals surface area contributed by atoms with Crippen molar-refractivity contribution in [1.82, 2.24) is 9.55 Å². The second-order valence-electron chi connectivity index (χ2n) is 3.77. The summed E-state index contributed by atoms with van der Waals surface area (Å²) in [6.07, 6.45) is 6.01. The van der Waals surface area contributed by atoms with Crippen molar-refractivity contribution >= 4 is 11.3 Å². The van der Waals surface area contributed by atoms with Gasteiger partial charge >= 0.3 is 0 Å². The minimum absolute atomic E-state index is 0.240. The van der Waals surface area contributed by atoms with Crippen molar-refractivity contribution in [2.75, 3.05) is 6.54 Å². The SMILES string of the molecule is CCCc1nccn1C(CN)c1cccs1. The molecule has 1 unspecified atom stereocenters. The Labute approximate surface area is 99.9 Å². The van der Waals surface area contributed by atoms with Gasteiger partial charge in [-0.2, -0.15) is 0 Å². The van der Waals surface area contributed by atoms with Crippen molar-refractivity contribution in [2.45, 2.75) is 25.8 Å². The van der Waals surface area contributed by atoms with Crippen molar-refractivity contribution in [3.05, 3.63) is 40.6 Å². The average molecular weight is 235 g/mol. The van der Waals surface area contributed by atoms with Gasteiger partial charge in [0.1, 0.15) is 5.82 Å². The molecule has 0 bridgehead atoms. The van der Waals surface area contributed by atoms with Gasteiger partial charge < -0.3 is 10.3 Å². The summed E-state index contributed by atoms with van der Waals surface area (Å²) in [5, 5.41) is 2.09. The van der Waals surface area contributed by atoms with E-state index in [-0.39, 0.29) is 6.04 Å². The number of hydrogen-bond acceptors (Lipinski definition) is 3. The van der Waals surface area contributed by atoms with E-state index in [9.17, 15) is 0 Å². The monoisotopic (exact) mass is 235 g/mol. The Bertz CT molecular complexity index is 419. The lowest BCUT2D eigenvalue weighted by molar-refractivity contribution is 0.570. The summed E-state index contributed by atoms with van der Waals surface area (Å²) in [5.41, 5.74) is 5.88. The molecule has 0 saturated heterocycles. The highest BCUT2D eigenvalue weighted by atomic mass is 32.1. The van der Waals surface area contributed by atoms with E-state index in [2.05, 4.69) is 34.0 Å². The van der Waals surface area contributed by atoms with Crippen molar-refractivity contribution in [2.24, 2.45) is 5.73 Å². The molecule has 4 heteroatoms. The maximum absolute atomic E-state index is 5.88. The number of nitrogens with two attached hydrogens (primary N) is 1. The van der Waals surface area contributed by atoms with E-state index in [4.69, 9.17) is 5.73 Å². The summed E-state index contributed by atoms with van der Waals surface area (Å²) in [4.78, 5) is 5.70. The molecule has 0 spiro atoms. The lowest BCUT2D eigenvalue weighted by atomic mass is 10.2. The summed E-state index contributed by atoms with van der Waals surface area (Å²) in [6.45, 7) is 2.79. The second-order valence-corrected chi connectivity index (χ2v) is 4.75. The Morgan fingerprint density at radius 1 is 1.56 bits per heavy atom. The Kier molecular flexibility index (Phi) is 3.74. The topological polar surface area (TPSA) is 43.8 Å². The van der Waals surface area contributed by atoms with Gasteiger partial charge in [-0.15, -0.1) is 11.3 Å². The van der Waals surface area contributed by atoms with Crippen LogP contribution in [-0.4, -0.2) is 16.1 Å². The Morgan fingerprint density at radius 3 is 3.06 bits per heavy atom. The Morgan fingerprint density at radius 2 is 2.44 bits per heavy atom. The van der Waals surface area contributed by atoms with Crippen LogP contribution in [0, 0.1) is 0 Å². The highest BCUT2D eigenvalue weighted by Gasteiger charge is 2.15. The zero-order chi connectivity index (χ0) is 11.4. The van der Waals surface area contributed by atoms with Crippen LogP contribution in [0.4, 0.5) is 0 Å². The Balaban J connectivity index is 2.30. The number of aromatic nitrogens is 2. The van der Waals surface area contributed by atoms with E-state index in [1.54, 1.807) is 11.3 Å². The largest absolute Gasteiger partial charge is 0.328 e. The highest BCUT2D eigenvalue weighted by Crippen LogP contribution is 2.23. The number of nitrogens with zero attached hydrogens (tertiary/aromatic N) is 2. The van der Waals surface area contributed by atoms with E-state index >= 15 is 0 Å². The maximum atomic E-state index is 5.88. The second kappa shape index (κ2) is 5.27. The van der Waals surface area contributed by atoms with Gasteiger partial charge in [0, 0.05) is 30.2 Å². The zero-order valence-corrected chi connectivity index (χ0v) is 10.3.